The van der Waals surface area contributed by atoms with Gasteiger partial charge >= 0.3 is 6.03 Å². The van der Waals surface area contributed by atoms with Crippen molar-refractivity contribution in [3.05, 3.63) is 83.7 Å². The number of fused-ring (bicyclic) bond motifs is 1. The summed E-state index contributed by atoms with van der Waals surface area (Å²) in [7, 11) is 3.67. The molecule has 3 aromatic carbocycles. The second-order valence-corrected chi connectivity index (χ2v) is 10.8. The molecule has 3 N–H and O–H groups in total. The maximum absolute atomic E-state index is 13.5. The Morgan fingerprint density at radius 3 is 2.45 bits per heavy atom. The molecule has 10 heteroatoms. The first-order chi connectivity index (χ1) is 20.1. The molecular formula is C32H39FN4O5. The topological polar surface area (TPSA) is 103 Å². The van der Waals surface area contributed by atoms with Gasteiger partial charge in [0.1, 0.15) is 23.4 Å². The van der Waals surface area contributed by atoms with Crippen molar-refractivity contribution in [3.8, 4) is 11.5 Å². The number of nitrogens with zero attached hydrogens (tertiary/aromatic N) is 2. The van der Waals surface area contributed by atoms with E-state index in [1.807, 2.05) is 38.2 Å². The molecule has 9 nitrogen and oxygen atoms in total. The van der Waals surface area contributed by atoms with Gasteiger partial charge in [-0.1, -0.05) is 19.1 Å². The maximum Gasteiger partial charge on any atom is 0.323 e. The molecule has 1 heterocycles. The average Bonchev–Trinajstić information content (AvgIpc) is 3.01. The van der Waals surface area contributed by atoms with Gasteiger partial charge in [-0.05, 0) is 74.1 Å². The number of benzene rings is 3. The molecule has 3 aromatic rings. The minimum absolute atomic E-state index is 0.0356. The van der Waals surface area contributed by atoms with Crippen LogP contribution in [-0.2, 0) is 17.8 Å². The number of carbonyl (C=O) groups is 2. The van der Waals surface area contributed by atoms with Crippen molar-refractivity contribution in [2.45, 2.75) is 39.0 Å². The van der Waals surface area contributed by atoms with Gasteiger partial charge in [0.25, 0.3) is 0 Å². The standard InChI is InChI=1S/C32H39FN4O5/c1-21-17-37(22(2)20-38)31(39)16-24-15-27(35-32(40)34-26-9-7-25(33)8-10-26)11-14-29(24)42-30(21)19-36(3)18-23-5-12-28(41-4)13-6-23/h5-15,21-22,30,38H,16-20H2,1-4H3,(H2,34,35,40)/t21-,22+,30+/m0/s1. The van der Waals surface area contributed by atoms with Crippen molar-refractivity contribution in [1.29, 1.82) is 0 Å². The van der Waals surface area contributed by atoms with Gasteiger partial charge in [-0.15, -0.1) is 0 Å². The first kappa shape index (κ1) is 30.8. The molecule has 1 aliphatic heterocycles. The predicted molar refractivity (Wildman–Crippen MR) is 160 cm³/mol. The number of carbonyl (C=O) groups excluding carboxylic acids is 2. The number of ether oxygens (including phenoxy) is 2. The summed E-state index contributed by atoms with van der Waals surface area (Å²) in [5.41, 5.74) is 2.69. The third kappa shape index (κ3) is 8.20. The van der Waals surface area contributed by atoms with Crippen LogP contribution in [0.2, 0.25) is 0 Å². The van der Waals surface area contributed by atoms with Crippen LogP contribution in [0.25, 0.3) is 0 Å². The van der Waals surface area contributed by atoms with E-state index in [4.69, 9.17) is 9.47 Å². The Morgan fingerprint density at radius 2 is 1.79 bits per heavy atom. The van der Waals surface area contributed by atoms with Gasteiger partial charge in [0, 0.05) is 42.5 Å². The number of aliphatic hydroxyl groups is 1. The summed E-state index contributed by atoms with van der Waals surface area (Å²) < 4.78 is 25.1. The highest BCUT2D eigenvalue weighted by atomic mass is 19.1. The molecule has 42 heavy (non-hydrogen) atoms. The average molecular weight is 579 g/mol. The van der Waals surface area contributed by atoms with Crippen LogP contribution in [0, 0.1) is 11.7 Å². The van der Waals surface area contributed by atoms with E-state index in [9.17, 15) is 19.1 Å². The number of likely N-dealkylation sites (N-methyl/N-ethyl adjacent to an activating group) is 1. The third-order valence-corrected chi connectivity index (χ3v) is 7.38. The normalized spacial score (nSPS) is 17.8. The zero-order valence-corrected chi connectivity index (χ0v) is 24.5. The van der Waals surface area contributed by atoms with Gasteiger partial charge in [-0.2, -0.15) is 0 Å². The summed E-state index contributed by atoms with van der Waals surface area (Å²) in [6, 6.07) is 17.7. The molecule has 0 aromatic heterocycles. The molecule has 0 unspecified atom stereocenters. The number of rotatable bonds is 9. The van der Waals surface area contributed by atoms with Crippen LogP contribution >= 0.6 is 0 Å². The van der Waals surface area contributed by atoms with Gasteiger partial charge in [0.2, 0.25) is 5.91 Å². The maximum atomic E-state index is 13.5. The Morgan fingerprint density at radius 1 is 1.12 bits per heavy atom. The van der Waals surface area contributed by atoms with Crippen LogP contribution in [-0.4, -0.2) is 72.8 Å². The Labute approximate surface area is 246 Å². The first-order valence-electron chi connectivity index (χ1n) is 14.0. The molecule has 0 bridgehead atoms. The van der Waals surface area contributed by atoms with E-state index in [-0.39, 0.29) is 37.0 Å². The largest absolute Gasteiger partial charge is 0.497 e. The number of halogens is 1. The van der Waals surface area contributed by atoms with E-state index in [0.717, 1.165) is 11.3 Å². The lowest BCUT2D eigenvalue weighted by Gasteiger charge is -2.34. The van der Waals surface area contributed by atoms with E-state index >= 15 is 0 Å². The molecule has 0 saturated heterocycles. The lowest BCUT2D eigenvalue weighted by molar-refractivity contribution is -0.134. The van der Waals surface area contributed by atoms with E-state index in [0.29, 0.717) is 42.3 Å². The van der Waals surface area contributed by atoms with Crippen LogP contribution in [0.1, 0.15) is 25.0 Å². The molecule has 3 atom stereocenters. The van der Waals surface area contributed by atoms with Crippen LogP contribution in [0.5, 0.6) is 11.5 Å². The number of amides is 3. The third-order valence-electron chi connectivity index (χ3n) is 7.38. The molecule has 4 rings (SSSR count). The number of methoxy groups -OCH3 is 1. The molecule has 0 spiro atoms. The van der Waals surface area contributed by atoms with E-state index in [1.54, 1.807) is 30.2 Å². The molecule has 3 amide bonds. The van der Waals surface area contributed by atoms with Gasteiger partial charge in [-0.3, -0.25) is 9.69 Å². The van der Waals surface area contributed by atoms with Crippen LogP contribution < -0.4 is 20.1 Å². The number of anilines is 2. The summed E-state index contributed by atoms with van der Waals surface area (Å²) in [4.78, 5) is 29.9. The number of hydrogen-bond acceptors (Lipinski definition) is 6. The Hall–Kier alpha value is -4.15. The predicted octanol–water partition coefficient (Wildman–Crippen LogP) is 4.76. The van der Waals surface area contributed by atoms with Crippen molar-refractivity contribution >= 4 is 23.3 Å². The highest BCUT2D eigenvalue weighted by Crippen LogP contribution is 2.29. The zero-order valence-electron chi connectivity index (χ0n) is 24.5. The van der Waals surface area contributed by atoms with E-state index < -0.39 is 11.8 Å². The summed E-state index contributed by atoms with van der Waals surface area (Å²) in [6.45, 7) is 5.46. The highest BCUT2D eigenvalue weighted by molar-refractivity contribution is 5.99. The molecule has 0 fully saturated rings. The molecule has 0 radical (unpaired) electrons. The fourth-order valence-electron chi connectivity index (χ4n) is 4.97. The minimum atomic E-state index is -0.501. The van der Waals surface area contributed by atoms with Crippen molar-refractivity contribution in [3.63, 3.8) is 0 Å². The number of aliphatic hydroxyl groups excluding tert-OH is 1. The summed E-state index contributed by atoms with van der Waals surface area (Å²) >= 11 is 0. The second kappa shape index (κ2) is 14.2. The Balaban J connectivity index is 1.54. The lowest BCUT2D eigenvalue weighted by atomic mass is 10.0. The Bertz CT molecular complexity index is 1350. The Kier molecular flexibility index (Phi) is 10.4. The zero-order chi connectivity index (χ0) is 30.2. The second-order valence-electron chi connectivity index (χ2n) is 10.8. The van der Waals surface area contributed by atoms with Crippen molar-refractivity contribution in [1.82, 2.24) is 9.80 Å². The summed E-state index contributed by atoms with van der Waals surface area (Å²) in [6.07, 6.45) is -0.206. The van der Waals surface area contributed by atoms with Crippen LogP contribution in [0.15, 0.2) is 66.7 Å². The fourth-order valence-corrected chi connectivity index (χ4v) is 4.97. The molecule has 224 valence electrons. The van der Waals surface area contributed by atoms with Gasteiger partial charge < -0.3 is 30.1 Å². The van der Waals surface area contributed by atoms with Crippen molar-refractivity contribution in [2.24, 2.45) is 5.92 Å². The smallest absolute Gasteiger partial charge is 0.323 e. The quantitative estimate of drug-likeness (QED) is 0.338. The van der Waals surface area contributed by atoms with Gasteiger partial charge in [0.15, 0.2) is 0 Å². The molecular weight excluding hydrogens is 539 g/mol. The number of hydrogen-bond donors (Lipinski definition) is 3. The van der Waals surface area contributed by atoms with E-state index in [1.165, 1.54) is 24.3 Å². The number of urea groups is 1. The fraction of sp³-hybridized carbons (Fsp3) is 0.375. The number of nitrogens with one attached hydrogen (secondary N) is 2. The van der Waals surface area contributed by atoms with Gasteiger partial charge in [-0.25, -0.2) is 9.18 Å². The van der Waals surface area contributed by atoms with Gasteiger partial charge in [0.05, 0.1) is 26.2 Å². The first-order valence-corrected chi connectivity index (χ1v) is 14.0. The van der Waals surface area contributed by atoms with E-state index in [2.05, 4.69) is 22.5 Å². The SMILES string of the molecule is COc1ccc(CN(C)C[C@H]2Oc3ccc(NC(=O)Nc4ccc(F)cc4)cc3CC(=O)N([C@H](C)CO)C[C@@H]2C)cc1. The van der Waals surface area contributed by atoms with Crippen molar-refractivity contribution < 1.29 is 28.6 Å². The molecule has 0 saturated carbocycles. The highest BCUT2D eigenvalue weighted by Gasteiger charge is 2.31. The summed E-state index contributed by atoms with van der Waals surface area (Å²) in [5.74, 6) is 0.809. The molecule has 0 aliphatic carbocycles. The lowest BCUT2D eigenvalue weighted by Crippen LogP contribution is -2.47. The van der Waals surface area contributed by atoms with Crippen molar-refractivity contribution in [2.75, 3.05) is 44.5 Å². The summed E-state index contributed by atoms with van der Waals surface area (Å²) in [5, 5.41) is 15.3. The van der Waals surface area contributed by atoms with Crippen LogP contribution in [0.4, 0.5) is 20.6 Å². The molecule has 1 aliphatic rings. The monoisotopic (exact) mass is 578 g/mol. The van der Waals surface area contributed by atoms with Crippen LogP contribution in [0.3, 0.4) is 0 Å². The minimum Gasteiger partial charge on any atom is -0.497 e.